The van der Waals surface area contributed by atoms with Crippen LogP contribution in [0.15, 0.2) is 47.6 Å². The van der Waals surface area contributed by atoms with E-state index >= 15 is 0 Å². The van der Waals surface area contributed by atoms with E-state index < -0.39 is 27.8 Å². The van der Waals surface area contributed by atoms with Gasteiger partial charge in [0.05, 0.1) is 19.6 Å². The Hall–Kier alpha value is -2.97. The summed E-state index contributed by atoms with van der Waals surface area (Å²) in [4.78, 5) is 18.6. The molecule has 1 aliphatic carbocycles. The molecule has 4 rings (SSSR count). The molecule has 2 heterocycles. The lowest BCUT2D eigenvalue weighted by Gasteiger charge is -2.37. The van der Waals surface area contributed by atoms with E-state index in [0.29, 0.717) is 18.4 Å². The van der Waals surface area contributed by atoms with Gasteiger partial charge in [-0.15, -0.1) is 0 Å². The summed E-state index contributed by atoms with van der Waals surface area (Å²) in [5.74, 6) is 5.68. The SMILES string of the molecule is C[C@@H]1CN([C@H](C)CO)S(=O)(=O)c2ccc(C#CC3(O)CCCC3)cc2O[C@H]1CN(C)C(=O)Cc1cccnc1. The largest absolute Gasteiger partial charge is 0.487 e. The maximum atomic E-state index is 13.7. The Labute approximate surface area is 230 Å². The average molecular weight is 556 g/mol. The first kappa shape index (κ1) is 29.0. The molecule has 1 aromatic carbocycles. The van der Waals surface area contributed by atoms with Crippen LogP contribution in [0.2, 0.25) is 0 Å². The fraction of sp³-hybridized carbons (Fsp3) is 0.517. The second-order valence-electron chi connectivity index (χ2n) is 10.7. The first-order valence-electron chi connectivity index (χ1n) is 13.3. The van der Waals surface area contributed by atoms with Crippen molar-refractivity contribution in [2.24, 2.45) is 5.92 Å². The van der Waals surface area contributed by atoms with Crippen LogP contribution in [-0.2, 0) is 21.2 Å². The number of nitrogens with zero attached hydrogens (tertiary/aromatic N) is 3. The maximum absolute atomic E-state index is 13.7. The quantitative estimate of drug-likeness (QED) is 0.525. The number of aromatic nitrogens is 1. The number of hydrogen-bond donors (Lipinski definition) is 2. The molecule has 9 nitrogen and oxygen atoms in total. The Balaban J connectivity index is 1.66. The predicted molar refractivity (Wildman–Crippen MR) is 146 cm³/mol. The summed E-state index contributed by atoms with van der Waals surface area (Å²) >= 11 is 0. The van der Waals surface area contributed by atoms with E-state index in [9.17, 15) is 23.4 Å². The first-order valence-corrected chi connectivity index (χ1v) is 14.8. The second-order valence-corrected chi connectivity index (χ2v) is 12.6. The molecule has 0 saturated heterocycles. The summed E-state index contributed by atoms with van der Waals surface area (Å²) in [6.07, 6.45) is 6.03. The van der Waals surface area contributed by atoms with Gasteiger partial charge in [0.15, 0.2) is 0 Å². The van der Waals surface area contributed by atoms with Gasteiger partial charge in [-0.25, -0.2) is 8.42 Å². The lowest BCUT2D eigenvalue weighted by molar-refractivity contribution is -0.130. The monoisotopic (exact) mass is 555 g/mol. The Kier molecular flexibility index (Phi) is 8.96. The van der Waals surface area contributed by atoms with Crippen LogP contribution in [-0.4, -0.2) is 83.2 Å². The zero-order valence-electron chi connectivity index (χ0n) is 22.7. The first-order chi connectivity index (χ1) is 18.5. The fourth-order valence-corrected chi connectivity index (χ4v) is 6.80. The zero-order valence-corrected chi connectivity index (χ0v) is 23.5. The molecule has 1 aliphatic heterocycles. The molecule has 0 bridgehead atoms. The smallest absolute Gasteiger partial charge is 0.247 e. The Morgan fingerprint density at radius 1 is 1.31 bits per heavy atom. The van der Waals surface area contributed by atoms with Crippen molar-refractivity contribution in [2.75, 3.05) is 26.7 Å². The highest BCUT2D eigenvalue weighted by Crippen LogP contribution is 2.34. The van der Waals surface area contributed by atoms with Gasteiger partial charge in [0, 0.05) is 43.5 Å². The van der Waals surface area contributed by atoms with Crippen LogP contribution in [0, 0.1) is 17.8 Å². The molecule has 0 radical (unpaired) electrons. The number of sulfonamides is 1. The highest BCUT2D eigenvalue weighted by molar-refractivity contribution is 7.89. The van der Waals surface area contributed by atoms with Gasteiger partial charge in [-0.2, -0.15) is 4.31 Å². The van der Waals surface area contributed by atoms with Crippen LogP contribution in [0.5, 0.6) is 5.75 Å². The number of fused-ring (bicyclic) bond motifs is 1. The molecule has 2 aromatic rings. The van der Waals surface area contributed by atoms with Gasteiger partial charge in [0.2, 0.25) is 15.9 Å². The van der Waals surface area contributed by atoms with Crippen LogP contribution in [0.3, 0.4) is 0 Å². The number of ether oxygens (including phenoxy) is 1. The van der Waals surface area contributed by atoms with Crippen LogP contribution in [0.25, 0.3) is 0 Å². The van der Waals surface area contributed by atoms with Crippen LogP contribution >= 0.6 is 0 Å². The molecule has 39 heavy (non-hydrogen) atoms. The van der Waals surface area contributed by atoms with Crippen molar-refractivity contribution in [3.8, 4) is 17.6 Å². The normalized spacial score (nSPS) is 22.8. The third-order valence-corrected chi connectivity index (χ3v) is 9.51. The summed E-state index contributed by atoms with van der Waals surface area (Å²) in [6.45, 7) is 3.55. The number of hydrogen-bond acceptors (Lipinski definition) is 7. The van der Waals surface area contributed by atoms with E-state index in [2.05, 4.69) is 16.8 Å². The number of aliphatic hydroxyl groups excluding tert-OH is 1. The molecule has 2 aliphatic rings. The number of benzene rings is 1. The van der Waals surface area contributed by atoms with Crippen LogP contribution in [0.1, 0.15) is 50.7 Å². The number of rotatable bonds is 6. The topological polar surface area (TPSA) is 120 Å². The summed E-state index contributed by atoms with van der Waals surface area (Å²) in [5.41, 5.74) is 0.297. The molecule has 0 unspecified atom stereocenters. The van der Waals surface area contributed by atoms with E-state index in [1.165, 1.54) is 10.4 Å². The van der Waals surface area contributed by atoms with Crippen molar-refractivity contribution in [2.45, 2.75) is 68.6 Å². The van der Waals surface area contributed by atoms with Crippen LogP contribution in [0.4, 0.5) is 0 Å². The van der Waals surface area contributed by atoms with Crippen molar-refractivity contribution < 1.29 is 28.2 Å². The number of aliphatic hydroxyl groups is 2. The number of pyridine rings is 1. The molecular weight excluding hydrogens is 518 g/mol. The molecule has 1 fully saturated rings. The van der Waals surface area contributed by atoms with Gasteiger partial charge in [-0.1, -0.05) is 24.8 Å². The minimum absolute atomic E-state index is 0.0193. The van der Waals surface area contributed by atoms with Gasteiger partial charge in [0.1, 0.15) is 22.4 Å². The average Bonchev–Trinajstić information content (AvgIpc) is 3.36. The molecule has 10 heteroatoms. The Morgan fingerprint density at radius 3 is 2.72 bits per heavy atom. The third-order valence-electron chi connectivity index (χ3n) is 7.50. The second kappa shape index (κ2) is 12.0. The Morgan fingerprint density at radius 2 is 2.05 bits per heavy atom. The van der Waals surface area contributed by atoms with Crippen molar-refractivity contribution in [1.29, 1.82) is 0 Å². The predicted octanol–water partition coefficient (Wildman–Crippen LogP) is 2.21. The minimum atomic E-state index is -3.99. The number of carbonyl (C=O) groups is 1. The Bertz CT molecular complexity index is 1330. The fourth-order valence-electron chi connectivity index (χ4n) is 4.98. The van der Waals surface area contributed by atoms with Crippen molar-refractivity contribution in [3.63, 3.8) is 0 Å². The minimum Gasteiger partial charge on any atom is -0.487 e. The summed E-state index contributed by atoms with van der Waals surface area (Å²) < 4.78 is 35.0. The highest BCUT2D eigenvalue weighted by atomic mass is 32.2. The van der Waals surface area contributed by atoms with Crippen molar-refractivity contribution in [3.05, 3.63) is 53.9 Å². The van der Waals surface area contributed by atoms with E-state index in [0.717, 1.165) is 18.4 Å². The maximum Gasteiger partial charge on any atom is 0.247 e. The molecule has 1 amide bonds. The third kappa shape index (κ3) is 6.79. The molecule has 1 aromatic heterocycles. The van der Waals surface area contributed by atoms with Crippen molar-refractivity contribution >= 4 is 15.9 Å². The van der Waals surface area contributed by atoms with Gasteiger partial charge >= 0.3 is 0 Å². The number of amides is 1. The standard InChI is InChI=1S/C29H37N3O6S/c1-21-18-32(22(2)20-33)39(36,37)27-9-8-23(10-13-29(35)11-4-5-12-29)15-25(27)38-26(21)19-31(3)28(34)16-24-7-6-14-30-17-24/h6-9,14-15,17,21-22,26,33,35H,4-5,11-12,16,18-20H2,1-3H3/t21-,22-,26+/m1/s1. The molecule has 1 saturated carbocycles. The van der Waals surface area contributed by atoms with Gasteiger partial charge < -0.3 is 19.8 Å². The van der Waals surface area contributed by atoms with Gasteiger partial charge in [-0.05, 0) is 62.4 Å². The summed E-state index contributed by atoms with van der Waals surface area (Å²) in [7, 11) is -2.29. The van der Waals surface area contributed by atoms with Crippen molar-refractivity contribution in [1.82, 2.24) is 14.2 Å². The highest BCUT2D eigenvalue weighted by Gasteiger charge is 2.38. The van der Waals surface area contributed by atoms with Gasteiger partial charge in [0.25, 0.3) is 0 Å². The number of carbonyl (C=O) groups excluding carboxylic acids is 1. The number of likely N-dealkylation sites (N-methyl/N-ethyl adjacent to an activating group) is 1. The molecule has 2 N–H and O–H groups in total. The molecule has 0 spiro atoms. The van der Waals surface area contributed by atoms with E-state index in [-0.39, 0.29) is 48.6 Å². The zero-order chi connectivity index (χ0) is 28.2. The summed E-state index contributed by atoms with van der Waals surface area (Å²) in [5, 5.41) is 20.5. The summed E-state index contributed by atoms with van der Waals surface area (Å²) in [6, 6.07) is 7.63. The molecular formula is C29H37N3O6S. The van der Waals surface area contributed by atoms with E-state index in [4.69, 9.17) is 4.74 Å². The molecule has 3 atom stereocenters. The van der Waals surface area contributed by atoms with E-state index in [1.54, 1.807) is 49.5 Å². The van der Waals surface area contributed by atoms with Gasteiger partial charge in [-0.3, -0.25) is 9.78 Å². The van der Waals surface area contributed by atoms with Crippen LogP contribution < -0.4 is 4.74 Å². The lowest BCUT2D eigenvalue weighted by atomic mass is 10.0. The van der Waals surface area contributed by atoms with E-state index in [1.807, 2.05) is 13.0 Å². The lowest BCUT2D eigenvalue weighted by Crippen LogP contribution is -2.50. The molecule has 210 valence electrons.